The number of rotatable bonds is 7. The van der Waals surface area contributed by atoms with Gasteiger partial charge in [-0.25, -0.2) is 0 Å². The molecule has 0 radical (unpaired) electrons. The number of ether oxygens (including phenoxy) is 1. The van der Waals surface area contributed by atoms with E-state index in [2.05, 4.69) is 16.5 Å². The topological polar surface area (TPSA) is 45.6 Å². The number of aromatic nitrogens is 1. The molecule has 94 valence electrons. The lowest BCUT2D eigenvalue weighted by molar-refractivity contribution is 0.194. The third-order valence-corrected chi connectivity index (χ3v) is 2.48. The van der Waals surface area contributed by atoms with Crippen LogP contribution in [0.5, 0.6) is 0 Å². The van der Waals surface area contributed by atoms with Crippen LogP contribution in [0.25, 0.3) is 0 Å². The van der Waals surface area contributed by atoms with E-state index in [-0.39, 0.29) is 0 Å². The lowest BCUT2D eigenvalue weighted by Gasteiger charge is -2.22. The van der Waals surface area contributed by atoms with Crippen LogP contribution in [-0.2, 0) is 4.74 Å². The van der Waals surface area contributed by atoms with Crippen molar-refractivity contribution >= 4 is 5.69 Å². The van der Waals surface area contributed by atoms with Crippen molar-refractivity contribution in [2.24, 2.45) is 0 Å². The molecular formula is C13H20N2O2. The van der Waals surface area contributed by atoms with Gasteiger partial charge < -0.3 is 14.7 Å². The van der Waals surface area contributed by atoms with Crippen LogP contribution in [0.3, 0.4) is 0 Å². The number of hydrogen-bond acceptors (Lipinski definition) is 4. The van der Waals surface area contributed by atoms with Crippen molar-refractivity contribution < 1.29 is 9.84 Å². The van der Waals surface area contributed by atoms with E-state index in [1.165, 1.54) is 0 Å². The molecule has 4 heteroatoms. The fourth-order valence-electron chi connectivity index (χ4n) is 1.51. The van der Waals surface area contributed by atoms with Crippen LogP contribution in [0.1, 0.15) is 18.7 Å². The normalized spacial score (nSPS) is 12.2. The summed E-state index contributed by atoms with van der Waals surface area (Å²) in [5.41, 5.74) is 1.69. The first-order chi connectivity index (χ1) is 8.19. The molecule has 0 aliphatic heterocycles. The van der Waals surface area contributed by atoms with E-state index < -0.39 is 6.10 Å². The number of anilines is 1. The zero-order valence-electron chi connectivity index (χ0n) is 10.5. The van der Waals surface area contributed by atoms with Crippen LogP contribution in [0.4, 0.5) is 5.69 Å². The maximum absolute atomic E-state index is 9.39. The predicted molar refractivity (Wildman–Crippen MR) is 69.2 cm³/mol. The average Bonchev–Trinajstić information content (AvgIpc) is 2.34. The van der Waals surface area contributed by atoms with Gasteiger partial charge in [-0.05, 0) is 19.1 Å². The minimum atomic E-state index is -0.532. The second-order valence-corrected chi connectivity index (χ2v) is 3.84. The fraction of sp³-hybridized carbons (Fsp3) is 0.462. The molecule has 1 N–H and O–H groups in total. The zero-order chi connectivity index (χ0) is 12.7. The van der Waals surface area contributed by atoms with E-state index in [0.29, 0.717) is 12.3 Å². The highest BCUT2D eigenvalue weighted by molar-refractivity contribution is 5.45. The average molecular weight is 236 g/mol. The van der Waals surface area contributed by atoms with Gasteiger partial charge in [0.2, 0.25) is 0 Å². The van der Waals surface area contributed by atoms with Crippen LogP contribution >= 0.6 is 0 Å². The van der Waals surface area contributed by atoms with Gasteiger partial charge >= 0.3 is 0 Å². The molecule has 1 unspecified atom stereocenters. The molecule has 1 aromatic rings. The van der Waals surface area contributed by atoms with Gasteiger partial charge in [0.15, 0.2) is 0 Å². The Morgan fingerprint density at radius 1 is 1.59 bits per heavy atom. The standard InChI is InChI=1S/C13H20N2O2/c1-4-7-15(8-9-17-3)12-5-6-13(11(2)16)14-10-12/h4-6,10-11,16H,1,7-9H2,2-3H3. The second-order valence-electron chi connectivity index (χ2n) is 3.84. The molecule has 0 bridgehead atoms. The Kier molecular flexibility index (Phi) is 5.66. The number of nitrogens with zero attached hydrogens (tertiary/aromatic N) is 2. The molecule has 0 aliphatic rings. The molecule has 0 aliphatic carbocycles. The fourth-order valence-corrected chi connectivity index (χ4v) is 1.51. The van der Waals surface area contributed by atoms with Crippen LogP contribution in [0, 0.1) is 0 Å². The summed E-state index contributed by atoms with van der Waals surface area (Å²) in [6.07, 6.45) is 3.08. The number of aliphatic hydroxyl groups is 1. The Bertz CT molecular complexity index is 336. The number of pyridine rings is 1. The highest BCUT2D eigenvalue weighted by Crippen LogP contribution is 2.16. The van der Waals surface area contributed by atoms with Crippen molar-refractivity contribution in [1.82, 2.24) is 4.98 Å². The molecule has 1 aromatic heterocycles. The van der Waals surface area contributed by atoms with Crippen molar-refractivity contribution in [3.05, 3.63) is 36.7 Å². The summed E-state index contributed by atoms with van der Waals surface area (Å²) < 4.78 is 5.07. The van der Waals surface area contributed by atoms with Gasteiger partial charge in [0.1, 0.15) is 0 Å². The molecule has 1 heterocycles. The summed E-state index contributed by atoms with van der Waals surface area (Å²) in [6.45, 7) is 7.64. The summed E-state index contributed by atoms with van der Waals surface area (Å²) in [4.78, 5) is 6.34. The third kappa shape index (κ3) is 4.17. The Hall–Kier alpha value is -1.39. The van der Waals surface area contributed by atoms with E-state index in [4.69, 9.17) is 4.74 Å². The lowest BCUT2D eigenvalue weighted by atomic mass is 10.2. The Morgan fingerprint density at radius 3 is 2.82 bits per heavy atom. The molecule has 0 fully saturated rings. The molecule has 17 heavy (non-hydrogen) atoms. The van der Waals surface area contributed by atoms with Crippen LogP contribution < -0.4 is 4.90 Å². The maximum Gasteiger partial charge on any atom is 0.0931 e. The molecule has 0 aromatic carbocycles. The van der Waals surface area contributed by atoms with E-state index in [1.807, 2.05) is 18.2 Å². The first-order valence-corrected chi connectivity index (χ1v) is 5.67. The van der Waals surface area contributed by atoms with Crippen LogP contribution in [0.15, 0.2) is 31.0 Å². The zero-order valence-corrected chi connectivity index (χ0v) is 10.5. The number of hydrogen-bond donors (Lipinski definition) is 1. The van der Waals surface area contributed by atoms with Crippen molar-refractivity contribution in [2.45, 2.75) is 13.0 Å². The van der Waals surface area contributed by atoms with Gasteiger partial charge in [0.05, 0.1) is 30.3 Å². The molecule has 0 saturated heterocycles. The molecule has 1 rings (SSSR count). The van der Waals surface area contributed by atoms with Gasteiger partial charge in [0, 0.05) is 20.2 Å². The van der Waals surface area contributed by atoms with Crippen molar-refractivity contribution in [2.75, 3.05) is 31.7 Å². The second kappa shape index (κ2) is 7.04. The minimum Gasteiger partial charge on any atom is -0.387 e. The largest absolute Gasteiger partial charge is 0.387 e. The third-order valence-electron chi connectivity index (χ3n) is 2.48. The summed E-state index contributed by atoms with van der Waals surface area (Å²) in [5.74, 6) is 0. The SMILES string of the molecule is C=CCN(CCOC)c1ccc(C(C)O)nc1. The van der Waals surface area contributed by atoms with Gasteiger partial charge in [-0.2, -0.15) is 0 Å². The highest BCUT2D eigenvalue weighted by atomic mass is 16.5. The molecule has 1 atom stereocenters. The summed E-state index contributed by atoms with van der Waals surface area (Å²) in [6, 6.07) is 3.79. The van der Waals surface area contributed by atoms with Crippen LogP contribution in [0.2, 0.25) is 0 Å². The first-order valence-electron chi connectivity index (χ1n) is 5.67. The van der Waals surface area contributed by atoms with E-state index in [9.17, 15) is 5.11 Å². The van der Waals surface area contributed by atoms with E-state index in [1.54, 1.807) is 20.2 Å². The molecule has 0 amide bonds. The quantitative estimate of drug-likeness (QED) is 0.733. The molecule has 4 nitrogen and oxygen atoms in total. The van der Waals surface area contributed by atoms with Crippen molar-refractivity contribution in [3.8, 4) is 0 Å². The summed E-state index contributed by atoms with van der Waals surface area (Å²) in [5, 5.41) is 9.39. The van der Waals surface area contributed by atoms with Crippen molar-refractivity contribution in [3.63, 3.8) is 0 Å². The maximum atomic E-state index is 9.39. The smallest absolute Gasteiger partial charge is 0.0931 e. The molecule has 0 spiro atoms. The van der Waals surface area contributed by atoms with Gasteiger partial charge in [-0.1, -0.05) is 6.08 Å². The molecular weight excluding hydrogens is 216 g/mol. The predicted octanol–water partition coefficient (Wildman–Crippen LogP) is 1.77. The van der Waals surface area contributed by atoms with Gasteiger partial charge in [-0.3, -0.25) is 4.98 Å². The summed E-state index contributed by atoms with van der Waals surface area (Å²) >= 11 is 0. The Balaban J connectivity index is 2.75. The minimum absolute atomic E-state index is 0.532. The Morgan fingerprint density at radius 2 is 2.35 bits per heavy atom. The number of methoxy groups -OCH3 is 1. The lowest BCUT2D eigenvalue weighted by Crippen LogP contribution is -2.27. The number of aliphatic hydroxyl groups excluding tert-OH is 1. The summed E-state index contributed by atoms with van der Waals surface area (Å²) in [7, 11) is 1.68. The Labute approximate surface area is 103 Å². The first kappa shape index (κ1) is 13.7. The van der Waals surface area contributed by atoms with Gasteiger partial charge in [-0.15, -0.1) is 6.58 Å². The highest BCUT2D eigenvalue weighted by Gasteiger charge is 2.07. The van der Waals surface area contributed by atoms with E-state index in [0.717, 1.165) is 18.8 Å². The van der Waals surface area contributed by atoms with Gasteiger partial charge in [0.25, 0.3) is 0 Å². The molecule has 0 saturated carbocycles. The van der Waals surface area contributed by atoms with Crippen molar-refractivity contribution in [1.29, 1.82) is 0 Å². The van der Waals surface area contributed by atoms with E-state index >= 15 is 0 Å². The van der Waals surface area contributed by atoms with Crippen LogP contribution in [-0.4, -0.2) is 36.9 Å². The monoisotopic (exact) mass is 236 g/mol.